The molecule has 4 rings (SSSR count). The maximum atomic E-state index is 13.9. The second kappa shape index (κ2) is 19.5. The van der Waals surface area contributed by atoms with E-state index in [1.165, 1.54) is 18.6 Å². The van der Waals surface area contributed by atoms with Crippen molar-refractivity contribution in [1.29, 1.82) is 0 Å². The van der Waals surface area contributed by atoms with Gasteiger partial charge in [0, 0.05) is 50.6 Å². The highest BCUT2D eigenvalue weighted by Gasteiger charge is 2.33. The van der Waals surface area contributed by atoms with E-state index in [0.717, 1.165) is 30.6 Å². The van der Waals surface area contributed by atoms with E-state index in [0.29, 0.717) is 13.0 Å². The summed E-state index contributed by atoms with van der Waals surface area (Å²) in [6.07, 6.45) is 8.72. The van der Waals surface area contributed by atoms with E-state index in [4.69, 9.17) is 0 Å². The van der Waals surface area contributed by atoms with E-state index < -0.39 is 65.5 Å². The van der Waals surface area contributed by atoms with Crippen LogP contribution in [0, 0.1) is 5.92 Å². The summed E-state index contributed by atoms with van der Waals surface area (Å²) in [4.78, 5) is 99.7. The molecule has 4 atom stereocenters. The average molecular weight is 704 g/mol. The maximum Gasteiger partial charge on any atom is 0.271 e. The summed E-state index contributed by atoms with van der Waals surface area (Å²) < 4.78 is 0. The molecule has 2 aromatic rings. The number of hydrogen-bond donors (Lipinski definition) is 7. The topological polar surface area (TPSA) is 229 Å². The van der Waals surface area contributed by atoms with Crippen LogP contribution in [-0.2, 0) is 35.2 Å². The minimum absolute atomic E-state index is 0.00827. The van der Waals surface area contributed by atoms with Gasteiger partial charge in [0.05, 0.1) is 6.20 Å². The minimum atomic E-state index is -1.12. The Labute approximate surface area is 295 Å². The summed E-state index contributed by atoms with van der Waals surface area (Å²) in [6, 6.07) is 4.78. The molecule has 0 radical (unpaired) electrons. The predicted octanol–water partition coefficient (Wildman–Crippen LogP) is -0.819. The van der Waals surface area contributed by atoms with Gasteiger partial charge in [0.15, 0.2) is 0 Å². The van der Waals surface area contributed by atoms with Crippen molar-refractivity contribution in [2.24, 2.45) is 5.92 Å². The minimum Gasteiger partial charge on any atom is -0.355 e. The van der Waals surface area contributed by atoms with Gasteiger partial charge in [-0.2, -0.15) is 0 Å². The molecule has 0 unspecified atom stereocenters. The number of rotatable bonds is 11. The molecule has 0 bridgehead atoms. The zero-order valence-corrected chi connectivity index (χ0v) is 28.5. The van der Waals surface area contributed by atoms with Crippen LogP contribution in [0.5, 0.6) is 0 Å². The van der Waals surface area contributed by atoms with E-state index in [-0.39, 0.29) is 50.4 Å². The van der Waals surface area contributed by atoms with Gasteiger partial charge in [0.2, 0.25) is 35.4 Å². The van der Waals surface area contributed by atoms with Crippen molar-refractivity contribution in [3.63, 3.8) is 0 Å². The number of nitrogens with zero attached hydrogens (tertiary/aromatic N) is 2. The number of benzene rings is 1. The Bertz CT molecular complexity index is 1570. The van der Waals surface area contributed by atoms with E-state index in [1.807, 2.05) is 6.07 Å². The first kappa shape index (κ1) is 38.1. The van der Waals surface area contributed by atoms with Gasteiger partial charge in [-0.15, -0.1) is 0 Å². The van der Waals surface area contributed by atoms with Crippen LogP contribution in [0.2, 0.25) is 0 Å². The first-order valence-electron chi connectivity index (χ1n) is 17.2. The summed E-state index contributed by atoms with van der Waals surface area (Å²) in [5, 5.41) is 18.8. The largest absolute Gasteiger partial charge is 0.355 e. The molecule has 2 aliphatic rings. The number of carbonyl (C=O) groups is 7. The highest BCUT2D eigenvalue weighted by atomic mass is 16.2. The van der Waals surface area contributed by atoms with Gasteiger partial charge >= 0.3 is 0 Å². The van der Waals surface area contributed by atoms with Gasteiger partial charge in [0.25, 0.3) is 5.91 Å². The quantitative estimate of drug-likeness (QED) is 0.145. The first-order valence-corrected chi connectivity index (χ1v) is 17.2. The Morgan fingerprint density at radius 2 is 1.51 bits per heavy atom. The van der Waals surface area contributed by atoms with Gasteiger partial charge in [0.1, 0.15) is 29.9 Å². The van der Waals surface area contributed by atoms with Gasteiger partial charge in [-0.1, -0.05) is 43.2 Å². The van der Waals surface area contributed by atoms with Crippen LogP contribution in [-0.4, -0.2) is 95.1 Å². The van der Waals surface area contributed by atoms with Gasteiger partial charge in [-0.25, -0.2) is 4.98 Å². The van der Waals surface area contributed by atoms with Crippen molar-refractivity contribution in [1.82, 2.24) is 47.2 Å². The third-order valence-corrected chi connectivity index (χ3v) is 8.30. The maximum absolute atomic E-state index is 13.9. The van der Waals surface area contributed by atoms with E-state index >= 15 is 0 Å². The SMILES string of the molecule is CCNC(=O)[C@@H]1CCNC(=O)[C@H](CCCNC(=O)c2cnccn2)NC(=O)[C@H](Cc2ccccc2)NC(=O)[C@H](CC2CC2)NC(=O)/C=C\C(=O)N1. The lowest BCUT2D eigenvalue weighted by atomic mass is 10.0. The molecular formula is C35H45N9O7. The van der Waals surface area contributed by atoms with Crippen LogP contribution in [0.4, 0.5) is 0 Å². The summed E-state index contributed by atoms with van der Waals surface area (Å²) in [7, 11) is 0. The third-order valence-electron chi connectivity index (χ3n) is 8.30. The van der Waals surface area contributed by atoms with Crippen molar-refractivity contribution in [3.05, 3.63) is 72.3 Å². The zero-order valence-electron chi connectivity index (χ0n) is 28.5. The Morgan fingerprint density at radius 1 is 0.804 bits per heavy atom. The average Bonchev–Trinajstić information content (AvgIpc) is 3.95. The van der Waals surface area contributed by atoms with Crippen LogP contribution < -0.4 is 37.2 Å². The molecule has 1 fully saturated rings. The van der Waals surface area contributed by atoms with E-state index in [1.54, 1.807) is 31.2 Å². The van der Waals surface area contributed by atoms with E-state index in [2.05, 4.69) is 47.2 Å². The highest BCUT2D eigenvalue weighted by Crippen LogP contribution is 2.33. The Balaban J connectivity index is 1.57. The van der Waals surface area contributed by atoms with E-state index in [9.17, 15) is 33.6 Å². The second-order valence-corrected chi connectivity index (χ2v) is 12.4. The van der Waals surface area contributed by atoms with Crippen LogP contribution in [0.15, 0.2) is 61.1 Å². The monoisotopic (exact) mass is 703 g/mol. The Hall–Kier alpha value is -5.67. The molecule has 16 heteroatoms. The van der Waals surface area contributed by atoms with Gasteiger partial charge < -0.3 is 37.2 Å². The number of hydrogen-bond acceptors (Lipinski definition) is 9. The molecule has 7 amide bonds. The molecule has 0 saturated heterocycles. The summed E-state index contributed by atoms with van der Waals surface area (Å²) >= 11 is 0. The van der Waals surface area contributed by atoms with Crippen molar-refractivity contribution < 1.29 is 33.6 Å². The molecule has 0 spiro atoms. The number of carbonyl (C=O) groups excluding carboxylic acids is 7. The molecule has 51 heavy (non-hydrogen) atoms. The molecule has 2 heterocycles. The van der Waals surface area contributed by atoms with Crippen molar-refractivity contribution in [2.75, 3.05) is 19.6 Å². The van der Waals surface area contributed by atoms with Gasteiger partial charge in [-0.05, 0) is 44.1 Å². The second-order valence-electron chi connectivity index (χ2n) is 12.4. The fraction of sp³-hybridized carbons (Fsp3) is 0.457. The molecule has 1 aliphatic heterocycles. The van der Waals surface area contributed by atoms with Gasteiger partial charge in [-0.3, -0.25) is 38.5 Å². The molecule has 1 saturated carbocycles. The Morgan fingerprint density at radius 3 is 2.20 bits per heavy atom. The summed E-state index contributed by atoms with van der Waals surface area (Å²) in [5.74, 6) is -3.90. The lowest BCUT2D eigenvalue weighted by Gasteiger charge is -2.26. The van der Waals surface area contributed by atoms with Crippen molar-refractivity contribution >= 4 is 41.4 Å². The normalized spacial score (nSPS) is 22.8. The Kier molecular flexibility index (Phi) is 14.6. The molecule has 272 valence electrons. The van der Waals surface area contributed by atoms with Crippen molar-refractivity contribution in [3.8, 4) is 0 Å². The molecule has 1 aromatic heterocycles. The zero-order chi connectivity index (χ0) is 36.6. The molecule has 16 nitrogen and oxygen atoms in total. The van der Waals surface area contributed by atoms with Crippen molar-refractivity contribution in [2.45, 2.75) is 76.0 Å². The third kappa shape index (κ3) is 12.9. The molecule has 1 aliphatic carbocycles. The standard InChI is InChI=1S/C35H45N9O7/c1-2-37-31(47)25-14-16-40-32(48)24(9-6-15-39-33(49)28-21-36-17-18-38-28)43-35(51)27(19-22-7-4-3-5-8-22)44-34(50)26(20-23-10-11-23)42-30(46)13-12-29(45)41-25/h3-5,7-8,12-13,17-18,21,23-27H,2,6,9-11,14-16,19-20H2,1H3,(H,37,47)(H,39,49)(H,40,48)(H,41,45)(H,42,46)(H,43,51)(H,44,50)/b13-12-/t24-,25-,26-,27-/m0/s1. The fourth-order valence-electron chi connectivity index (χ4n) is 5.43. The number of nitrogens with one attached hydrogen (secondary N) is 7. The van der Waals surface area contributed by atoms with Crippen LogP contribution in [0.25, 0.3) is 0 Å². The number of amides is 7. The number of aromatic nitrogens is 2. The smallest absolute Gasteiger partial charge is 0.271 e. The lowest BCUT2D eigenvalue weighted by Crippen LogP contribution is -2.57. The molecule has 1 aromatic carbocycles. The molecule has 7 N–H and O–H groups in total. The first-order chi connectivity index (χ1) is 24.6. The highest BCUT2D eigenvalue weighted by molar-refractivity contribution is 6.00. The van der Waals surface area contributed by atoms with Crippen LogP contribution in [0.1, 0.15) is 61.5 Å². The number of likely N-dealkylation sites (N-methyl/N-ethyl adjacent to an activating group) is 1. The van der Waals surface area contributed by atoms with Crippen LogP contribution in [0.3, 0.4) is 0 Å². The summed E-state index contributed by atoms with van der Waals surface area (Å²) in [6.45, 7) is 2.12. The predicted molar refractivity (Wildman–Crippen MR) is 184 cm³/mol. The van der Waals surface area contributed by atoms with Crippen LogP contribution >= 0.6 is 0 Å². The summed E-state index contributed by atoms with van der Waals surface area (Å²) in [5.41, 5.74) is 0.876. The molecular weight excluding hydrogens is 658 g/mol. The lowest BCUT2D eigenvalue weighted by molar-refractivity contribution is -0.133. The fourth-order valence-corrected chi connectivity index (χ4v) is 5.43.